The third kappa shape index (κ3) is 3.02. The van der Waals surface area contributed by atoms with Crippen LogP contribution in [0.5, 0.6) is 0 Å². The molecule has 0 bridgehead atoms. The van der Waals surface area contributed by atoms with Gasteiger partial charge in [0.2, 0.25) is 0 Å². The summed E-state index contributed by atoms with van der Waals surface area (Å²) in [5.74, 6) is 0. The highest BCUT2D eigenvalue weighted by Crippen LogP contribution is 2.54. The summed E-state index contributed by atoms with van der Waals surface area (Å²) in [6.07, 6.45) is 2.89. The Morgan fingerprint density at radius 1 is 1.10 bits per heavy atom. The Hall–Kier alpha value is 0.440. The van der Waals surface area contributed by atoms with Crippen LogP contribution >= 0.6 is 18.2 Å². The van der Waals surface area contributed by atoms with Crippen LogP contribution in [0.3, 0.4) is 0 Å². The van der Waals surface area contributed by atoms with Crippen LogP contribution in [0.4, 0.5) is 0 Å². The first kappa shape index (κ1) is 8.54. The standard InChI is InChI=1S/C5H10ClO3P/c6-10(7)8-4-2-1-3-5-9-10/h1-5H2. The van der Waals surface area contributed by atoms with Crippen molar-refractivity contribution in [2.24, 2.45) is 0 Å². The predicted octanol–water partition coefficient (Wildman–Crippen LogP) is 2.55. The average Bonchev–Trinajstić information content (AvgIpc) is 1.81. The van der Waals surface area contributed by atoms with Gasteiger partial charge >= 0.3 is 6.95 Å². The summed E-state index contributed by atoms with van der Waals surface area (Å²) < 4.78 is 20.5. The minimum Gasteiger partial charge on any atom is -0.297 e. The van der Waals surface area contributed by atoms with Gasteiger partial charge in [-0.25, -0.2) is 4.57 Å². The molecule has 1 saturated heterocycles. The molecule has 0 atom stereocenters. The van der Waals surface area contributed by atoms with E-state index in [4.69, 9.17) is 20.3 Å². The number of rotatable bonds is 0. The van der Waals surface area contributed by atoms with Gasteiger partial charge in [-0.3, -0.25) is 9.05 Å². The molecule has 0 radical (unpaired) electrons. The largest absolute Gasteiger partial charge is 0.424 e. The van der Waals surface area contributed by atoms with Gasteiger partial charge in [0.15, 0.2) is 0 Å². The van der Waals surface area contributed by atoms with E-state index in [-0.39, 0.29) is 0 Å². The summed E-state index contributed by atoms with van der Waals surface area (Å²) in [6.45, 7) is -2.30. The first-order chi connectivity index (χ1) is 4.71. The van der Waals surface area contributed by atoms with Gasteiger partial charge < -0.3 is 0 Å². The normalized spacial score (nSPS) is 26.9. The Morgan fingerprint density at radius 2 is 1.60 bits per heavy atom. The zero-order valence-corrected chi connectivity index (χ0v) is 7.24. The Labute approximate surface area is 65.0 Å². The molecule has 0 saturated carbocycles. The minimum absolute atomic E-state index is 0.445. The zero-order chi connectivity index (χ0) is 7.45. The van der Waals surface area contributed by atoms with Crippen LogP contribution in [0.15, 0.2) is 0 Å². The van der Waals surface area contributed by atoms with E-state index in [2.05, 4.69) is 0 Å². The second kappa shape index (κ2) is 3.72. The van der Waals surface area contributed by atoms with Gasteiger partial charge in [0.1, 0.15) is 0 Å². The maximum absolute atomic E-state index is 10.9. The molecule has 10 heavy (non-hydrogen) atoms. The molecule has 1 aliphatic heterocycles. The van der Waals surface area contributed by atoms with Crippen LogP contribution in [0.2, 0.25) is 0 Å². The van der Waals surface area contributed by atoms with Crippen molar-refractivity contribution in [2.45, 2.75) is 19.3 Å². The molecule has 1 rings (SSSR count). The second-order valence-electron chi connectivity index (χ2n) is 2.16. The summed E-state index contributed by atoms with van der Waals surface area (Å²) >= 11 is 5.36. The average molecular weight is 185 g/mol. The quantitative estimate of drug-likeness (QED) is 0.543. The fourth-order valence-electron chi connectivity index (χ4n) is 0.765. The first-order valence-corrected chi connectivity index (χ1v) is 5.74. The summed E-state index contributed by atoms with van der Waals surface area (Å²) in [6, 6.07) is 0. The number of halogens is 1. The molecule has 1 fully saturated rings. The molecule has 0 aromatic carbocycles. The van der Waals surface area contributed by atoms with E-state index in [1.54, 1.807) is 0 Å². The van der Waals surface area contributed by atoms with Gasteiger partial charge in [-0.1, -0.05) is 0 Å². The van der Waals surface area contributed by atoms with Crippen LogP contribution in [0, 0.1) is 0 Å². The van der Waals surface area contributed by atoms with Crippen molar-refractivity contribution in [3.8, 4) is 0 Å². The van der Waals surface area contributed by atoms with Gasteiger partial charge in [0, 0.05) is 11.2 Å². The topological polar surface area (TPSA) is 35.5 Å². The Balaban J connectivity index is 2.38. The van der Waals surface area contributed by atoms with Crippen LogP contribution in [0.1, 0.15) is 19.3 Å². The van der Waals surface area contributed by atoms with E-state index in [1.165, 1.54) is 0 Å². The third-order valence-corrected chi connectivity index (χ3v) is 2.85. The summed E-state index contributed by atoms with van der Waals surface area (Å²) in [5, 5.41) is 0. The SMILES string of the molecule is O=P1(Cl)OCCCCCO1. The molecule has 0 aliphatic carbocycles. The van der Waals surface area contributed by atoms with Gasteiger partial charge in [-0.05, 0) is 19.3 Å². The van der Waals surface area contributed by atoms with Gasteiger partial charge in [0.05, 0.1) is 13.2 Å². The first-order valence-electron chi connectivity index (χ1n) is 3.29. The Morgan fingerprint density at radius 3 is 2.10 bits per heavy atom. The van der Waals surface area contributed by atoms with Crippen LogP contribution in [-0.2, 0) is 13.6 Å². The molecule has 1 heterocycles. The van der Waals surface area contributed by atoms with E-state index < -0.39 is 6.95 Å². The third-order valence-electron chi connectivity index (χ3n) is 1.28. The van der Waals surface area contributed by atoms with Crippen molar-refractivity contribution in [1.82, 2.24) is 0 Å². The monoisotopic (exact) mass is 184 g/mol. The highest BCUT2D eigenvalue weighted by Gasteiger charge is 2.21. The molecule has 60 valence electrons. The molecule has 5 heteroatoms. The zero-order valence-electron chi connectivity index (χ0n) is 5.59. The van der Waals surface area contributed by atoms with Crippen LogP contribution in [0.25, 0.3) is 0 Å². The lowest BCUT2D eigenvalue weighted by molar-refractivity contribution is 0.192. The lowest BCUT2D eigenvalue weighted by Gasteiger charge is -2.14. The summed E-state index contributed by atoms with van der Waals surface area (Å²) in [4.78, 5) is 0. The maximum Gasteiger partial charge on any atom is 0.424 e. The molecule has 0 aromatic heterocycles. The molecular formula is C5H10ClO3P. The Bertz CT molecular complexity index is 138. The fraction of sp³-hybridized carbons (Fsp3) is 1.00. The predicted molar refractivity (Wildman–Crippen MR) is 39.2 cm³/mol. The number of hydrogen-bond donors (Lipinski definition) is 0. The fourth-order valence-corrected chi connectivity index (χ4v) is 1.95. The van der Waals surface area contributed by atoms with E-state index >= 15 is 0 Å². The van der Waals surface area contributed by atoms with E-state index in [0.717, 1.165) is 19.3 Å². The molecule has 3 nitrogen and oxygen atoms in total. The minimum atomic E-state index is -3.19. The van der Waals surface area contributed by atoms with Crippen molar-refractivity contribution >= 4 is 18.2 Å². The van der Waals surface area contributed by atoms with Crippen molar-refractivity contribution < 1.29 is 13.6 Å². The second-order valence-corrected chi connectivity index (χ2v) is 4.78. The van der Waals surface area contributed by atoms with Crippen molar-refractivity contribution in [2.75, 3.05) is 13.2 Å². The lowest BCUT2D eigenvalue weighted by Crippen LogP contribution is -2.00. The smallest absolute Gasteiger partial charge is 0.297 e. The van der Waals surface area contributed by atoms with Crippen molar-refractivity contribution in [3.05, 3.63) is 0 Å². The molecular weight excluding hydrogens is 174 g/mol. The maximum atomic E-state index is 10.9. The Kier molecular flexibility index (Phi) is 3.18. The molecule has 0 aromatic rings. The molecule has 0 unspecified atom stereocenters. The molecule has 0 N–H and O–H groups in total. The van der Waals surface area contributed by atoms with Crippen LogP contribution < -0.4 is 0 Å². The van der Waals surface area contributed by atoms with Crippen LogP contribution in [-0.4, -0.2) is 13.2 Å². The van der Waals surface area contributed by atoms with Gasteiger partial charge in [-0.15, -0.1) is 0 Å². The van der Waals surface area contributed by atoms with Gasteiger partial charge in [-0.2, -0.15) is 0 Å². The highest BCUT2D eigenvalue weighted by molar-refractivity contribution is 7.81. The molecule has 1 aliphatic rings. The molecule has 0 amide bonds. The lowest BCUT2D eigenvalue weighted by atomic mass is 10.2. The highest BCUT2D eigenvalue weighted by atomic mass is 35.7. The number of hydrogen-bond acceptors (Lipinski definition) is 3. The van der Waals surface area contributed by atoms with Gasteiger partial charge in [0.25, 0.3) is 0 Å². The summed E-state index contributed by atoms with van der Waals surface area (Å²) in [7, 11) is 0. The molecule has 0 spiro atoms. The van der Waals surface area contributed by atoms with E-state index in [0.29, 0.717) is 13.2 Å². The van der Waals surface area contributed by atoms with E-state index in [1.807, 2.05) is 0 Å². The van der Waals surface area contributed by atoms with Crippen molar-refractivity contribution in [3.63, 3.8) is 0 Å². The summed E-state index contributed by atoms with van der Waals surface area (Å²) in [5.41, 5.74) is 0. The van der Waals surface area contributed by atoms with Crippen molar-refractivity contribution in [1.29, 1.82) is 0 Å². The van der Waals surface area contributed by atoms with E-state index in [9.17, 15) is 4.57 Å².